The molecule has 0 amide bonds. The van der Waals surface area contributed by atoms with Gasteiger partial charge in [0.2, 0.25) is 0 Å². The summed E-state index contributed by atoms with van der Waals surface area (Å²) in [5.74, 6) is -1.37. The first-order chi connectivity index (χ1) is 9.06. The van der Waals surface area contributed by atoms with Gasteiger partial charge in [0.05, 0.1) is 11.7 Å². The summed E-state index contributed by atoms with van der Waals surface area (Å²) < 4.78 is 31.7. The third-order valence-electron chi connectivity index (χ3n) is 3.80. The number of nitrogens with one attached hydrogen (secondary N) is 1. The molecule has 1 aliphatic rings. The van der Waals surface area contributed by atoms with Crippen LogP contribution in [0.3, 0.4) is 0 Å². The van der Waals surface area contributed by atoms with Crippen LogP contribution in [0, 0.1) is 11.6 Å². The van der Waals surface area contributed by atoms with Crippen LogP contribution in [-0.2, 0) is 4.74 Å². The van der Waals surface area contributed by atoms with Crippen LogP contribution in [0.25, 0.3) is 0 Å². The molecule has 0 aliphatic heterocycles. The van der Waals surface area contributed by atoms with Crippen LogP contribution in [0.15, 0.2) is 18.2 Å². The van der Waals surface area contributed by atoms with Crippen LogP contribution < -0.4 is 5.32 Å². The van der Waals surface area contributed by atoms with E-state index in [-0.39, 0.29) is 17.7 Å². The van der Waals surface area contributed by atoms with Gasteiger partial charge in [-0.15, -0.1) is 0 Å². The lowest BCUT2D eigenvalue weighted by Gasteiger charge is -2.40. The number of aliphatic hydroxyl groups excluding tert-OH is 1. The first kappa shape index (κ1) is 14.4. The van der Waals surface area contributed by atoms with Crippen molar-refractivity contribution in [1.29, 1.82) is 0 Å². The van der Waals surface area contributed by atoms with E-state index in [1.807, 2.05) is 0 Å². The second kappa shape index (κ2) is 5.94. The van der Waals surface area contributed by atoms with Crippen molar-refractivity contribution < 1.29 is 18.6 Å². The summed E-state index contributed by atoms with van der Waals surface area (Å²) in [7, 11) is 1.68. The van der Waals surface area contributed by atoms with Crippen molar-refractivity contribution >= 4 is 0 Å². The zero-order valence-corrected chi connectivity index (χ0v) is 11.0. The molecule has 1 aromatic carbocycles. The first-order valence-corrected chi connectivity index (χ1v) is 6.45. The lowest BCUT2D eigenvalue weighted by atomic mass is 9.80. The van der Waals surface area contributed by atoms with E-state index < -0.39 is 17.7 Å². The van der Waals surface area contributed by atoms with E-state index in [2.05, 4.69) is 5.32 Å². The molecule has 0 bridgehead atoms. The molecule has 2 rings (SSSR count). The van der Waals surface area contributed by atoms with Crippen molar-refractivity contribution in [3.05, 3.63) is 35.4 Å². The summed E-state index contributed by atoms with van der Waals surface area (Å²) in [6.07, 6.45) is 2.15. The molecule has 1 fully saturated rings. The van der Waals surface area contributed by atoms with Crippen molar-refractivity contribution in [2.45, 2.75) is 31.0 Å². The molecule has 2 N–H and O–H groups in total. The normalized spacial score (nSPS) is 18.9. The Morgan fingerprint density at radius 1 is 1.42 bits per heavy atom. The third-order valence-corrected chi connectivity index (χ3v) is 3.80. The minimum Gasteiger partial charge on any atom is -0.387 e. The lowest BCUT2D eigenvalue weighted by Crippen LogP contribution is -2.48. The van der Waals surface area contributed by atoms with Crippen LogP contribution in [0.5, 0.6) is 0 Å². The molecule has 3 nitrogen and oxygen atoms in total. The number of ether oxygens (including phenoxy) is 1. The average molecular weight is 271 g/mol. The molecule has 0 saturated heterocycles. The van der Waals surface area contributed by atoms with Crippen molar-refractivity contribution in [3.63, 3.8) is 0 Å². The number of methoxy groups -OCH3 is 1. The predicted molar refractivity (Wildman–Crippen MR) is 67.8 cm³/mol. The molecule has 1 aliphatic carbocycles. The second-order valence-electron chi connectivity index (χ2n) is 5.05. The molecule has 1 unspecified atom stereocenters. The number of halogens is 2. The van der Waals surface area contributed by atoms with Gasteiger partial charge in [-0.1, -0.05) is 6.07 Å². The summed E-state index contributed by atoms with van der Waals surface area (Å²) in [5.41, 5.74) is -0.0323. The maximum atomic E-state index is 13.5. The molecule has 106 valence electrons. The Hall–Kier alpha value is -1.04. The van der Waals surface area contributed by atoms with Crippen LogP contribution in [0.2, 0.25) is 0 Å². The number of benzene rings is 1. The van der Waals surface area contributed by atoms with Crippen LogP contribution in [0.1, 0.15) is 30.9 Å². The number of hydrogen-bond donors (Lipinski definition) is 2. The zero-order valence-electron chi connectivity index (χ0n) is 11.0. The van der Waals surface area contributed by atoms with E-state index in [9.17, 15) is 13.9 Å². The van der Waals surface area contributed by atoms with Gasteiger partial charge in [-0.2, -0.15) is 0 Å². The Morgan fingerprint density at radius 2 is 2.16 bits per heavy atom. The summed E-state index contributed by atoms with van der Waals surface area (Å²) in [4.78, 5) is 0. The molecule has 5 heteroatoms. The molecule has 1 saturated carbocycles. The van der Waals surface area contributed by atoms with E-state index >= 15 is 0 Å². The zero-order chi connectivity index (χ0) is 13.9. The fourth-order valence-electron chi connectivity index (χ4n) is 2.34. The Kier molecular flexibility index (Phi) is 4.50. The highest BCUT2D eigenvalue weighted by molar-refractivity contribution is 5.21. The van der Waals surface area contributed by atoms with E-state index in [1.54, 1.807) is 7.11 Å². The Morgan fingerprint density at radius 3 is 2.68 bits per heavy atom. The molecule has 0 radical (unpaired) electrons. The van der Waals surface area contributed by atoms with Gasteiger partial charge in [0.25, 0.3) is 0 Å². The average Bonchev–Trinajstić information content (AvgIpc) is 2.32. The third kappa shape index (κ3) is 3.29. The minimum atomic E-state index is -0.991. The fourth-order valence-corrected chi connectivity index (χ4v) is 2.34. The summed E-state index contributed by atoms with van der Waals surface area (Å²) in [5, 5.41) is 13.0. The van der Waals surface area contributed by atoms with Gasteiger partial charge in [-0.25, -0.2) is 8.78 Å². The van der Waals surface area contributed by atoms with Crippen molar-refractivity contribution in [3.8, 4) is 0 Å². The van der Waals surface area contributed by atoms with Crippen LogP contribution >= 0.6 is 0 Å². The highest BCUT2D eigenvalue weighted by Crippen LogP contribution is 2.34. The number of aliphatic hydroxyl groups is 1. The highest BCUT2D eigenvalue weighted by Gasteiger charge is 2.36. The van der Waals surface area contributed by atoms with Gasteiger partial charge < -0.3 is 15.2 Å². The molecule has 1 atom stereocenters. The van der Waals surface area contributed by atoms with Crippen molar-refractivity contribution in [1.82, 2.24) is 5.32 Å². The van der Waals surface area contributed by atoms with Gasteiger partial charge in [0, 0.05) is 31.8 Å². The predicted octanol–water partition coefficient (Wildman–Crippen LogP) is 2.16. The van der Waals surface area contributed by atoms with Crippen molar-refractivity contribution in [2.24, 2.45) is 0 Å². The maximum absolute atomic E-state index is 13.5. The Balaban J connectivity index is 1.85. The maximum Gasteiger partial charge on any atom is 0.131 e. The SMILES string of the molecule is COC1(CNCC(O)c2ccc(F)cc2F)CCC1. The topological polar surface area (TPSA) is 41.5 Å². The Bertz CT molecular complexity index is 430. The highest BCUT2D eigenvalue weighted by atomic mass is 19.1. The molecule has 19 heavy (non-hydrogen) atoms. The number of rotatable bonds is 6. The molecular formula is C14H19F2NO2. The number of hydrogen-bond acceptors (Lipinski definition) is 3. The molecule has 0 heterocycles. The molecule has 0 aromatic heterocycles. The summed E-state index contributed by atoms with van der Waals surface area (Å²) in [6, 6.07) is 3.19. The van der Waals surface area contributed by atoms with E-state index in [0.29, 0.717) is 6.54 Å². The van der Waals surface area contributed by atoms with Gasteiger partial charge in [-0.05, 0) is 25.3 Å². The van der Waals surface area contributed by atoms with Gasteiger partial charge in [0.15, 0.2) is 0 Å². The van der Waals surface area contributed by atoms with Gasteiger partial charge in [0.1, 0.15) is 11.6 Å². The standard InChI is InChI=1S/C14H19F2NO2/c1-19-14(5-2-6-14)9-17-8-13(18)11-4-3-10(15)7-12(11)16/h3-4,7,13,17-18H,2,5-6,8-9H2,1H3. The van der Waals surface area contributed by atoms with Gasteiger partial charge >= 0.3 is 0 Å². The van der Waals surface area contributed by atoms with E-state index in [0.717, 1.165) is 31.4 Å². The molecule has 1 aromatic rings. The van der Waals surface area contributed by atoms with E-state index in [4.69, 9.17) is 4.74 Å². The summed E-state index contributed by atoms with van der Waals surface area (Å²) in [6.45, 7) is 0.844. The Labute approximate surface area is 111 Å². The largest absolute Gasteiger partial charge is 0.387 e. The minimum absolute atomic E-state index is 0.106. The fraction of sp³-hybridized carbons (Fsp3) is 0.571. The first-order valence-electron chi connectivity index (χ1n) is 6.45. The quantitative estimate of drug-likeness (QED) is 0.833. The van der Waals surface area contributed by atoms with Crippen molar-refractivity contribution in [2.75, 3.05) is 20.2 Å². The molecule has 0 spiro atoms. The van der Waals surface area contributed by atoms with Crippen LogP contribution in [0.4, 0.5) is 8.78 Å². The second-order valence-corrected chi connectivity index (χ2v) is 5.05. The van der Waals surface area contributed by atoms with Crippen LogP contribution in [-0.4, -0.2) is 30.9 Å². The molecular weight excluding hydrogens is 252 g/mol. The lowest BCUT2D eigenvalue weighted by molar-refractivity contribution is -0.0704. The smallest absolute Gasteiger partial charge is 0.131 e. The summed E-state index contributed by atoms with van der Waals surface area (Å²) >= 11 is 0. The monoisotopic (exact) mass is 271 g/mol. The van der Waals surface area contributed by atoms with Gasteiger partial charge in [-0.3, -0.25) is 0 Å². The van der Waals surface area contributed by atoms with E-state index in [1.165, 1.54) is 6.07 Å².